The minimum absolute atomic E-state index is 0.00948. The fourth-order valence-corrected chi connectivity index (χ4v) is 3.81. The molecule has 0 aliphatic carbocycles. The first-order chi connectivity index (χ1) is 16.2. The zero-order chi connectivity index (χ0) is 24.5. The van der Waals surface area contributed by atoms with E-state index in [1.165, 1.54) is 31.3 Å². The number of nitrogens with zero attached hydrogens (tertiary/aromatic N) is 1. The van der Waals surface area contributed by atoms with E-state index in [-0.39, 0.29) is 39.7 Å². The quantitative estimate of drug-likeness (QED) is 0.309. The second-order valence-electron chi connectivity index (χ2n) is 7.62. The average Bonchev–Trinajstić information content (AvgIpc) is 2.82. The van der Waals surface area contributed by atoms with Crippen molar-refractivity contribution in [2.45, 2.75) is 12.6 Å². The molecule has 0 saturated carbocycles. The van der Waals surface area contributed by atoms with Crippen molar-refractivity contribution in [2.24, 2.45) is 0 Å². The van der Waals surface area contributed by atoms with Gasteiger partial charge in [0, 0.05) is 35.5 Å². The molecule has 3 aromatic carbocycles. The predicted molar refractivity (Wildman–Crippen MR) is 119 cm³/mol. The lowest BCUT2D eigenvalue weighted by molar-refractivity contribution is -0.136. The summed E-state index contributed by atoms with van der Waals surface area (Å²) >= 11 is 0. The van der Waals surface area contributed by atoms with Gasteiger partial charge in [-0.3, -0.25) is 9.59 Å². The molecular weight excluding hydrogens is 448 g/mol. The number of rotatable bonds is 5. The molecule has 0 radical (unpaired) electrons. The minimum Gasteiger partial charge on any atom is -0.354 e. The number of aromatic nitrogens is 1. The Morgan fingerprint density at radius 2 is 1.56 bits per heavy atom. The van der Waals surface area contributed by atoms with Crippen LogP contribution in [0.1, 0.15) is 43.1 Å². The predicted octanol–water partition coefficient (Wildman–Crippen LogP) is 5.57. The van der Waals surface area contributed by atoms with Crippen LogP contribution in [-0.2, 0) is 12.6 Å². The van der Waals surface area contributed by atoms with E-state index in [0.29, 0.717) is 5.56 Å². The van der Waals surface area contributed by atoms with E-state index in [9.17, 15) is 27.2 Å². The van der Waals surface area contributed by atoms with E-state index in [1.807, 2.05) is 0 Å². The lowest BCUT2D eigenvalue weighted by Crippen LogP contribution is -2.24. The number of amides is 1. The number of hydrogen-bond acceptors (Lipinski definition) is 3. The summed E-state index contributed by atoms with van der Waals surface area (Å²) in [4.78, 5) is 29.6. The van der Waals surface area contributed by atoms with Crippen LogP contribution < -0.4 is 5.32 Å². The van der Waals surface area contributed by atoms with Crippen LogP contribution >= 0.6 is 0 Å². The molecule has 0 bridgehead atoms. The maximum Gasteiger partial charge on any atom is 0.417 e. The molecular formula is C26H18F4N2O2. The first-order valence-electron chi connectivity index (χ1n) is 10.3. The van der Waals surface area contributed by atoms with Crippen LogP contribution in [-0.4, -0.2) is 23.7 Å². The van der Waals surface area contributed by atoms with E-state index in [1.54, 1.807) is 30.3 Å². The Labute approximate surface area is 192 Å². The zero-order valence-electron chi connectivity index (χ0n) is 17.9. The molecule has 34 heavy (non-hydrogen) atoms. The van der Waals surface area contributed by atoms with Gasteiger partial charge in [0.1, 0.15) is 11.5 Å². The molecule has 4 aromatic rings. The highest BCUT2D eigenvalue weighted by molar-refractivity contribution is 6.11. The summed E-state index contributed by atoms with van der Waals surface area (Å²) in [5.41, 5.74) is -1.01. The molecule has 0 atom stereocenters. The maximum atomic E-state index is 14.4. The van der Waals surface area contributed by atoms with Crippen molar-refractivity contribution in [2.75, 3.05) is 7.05 Å². The molecule has 0 unspecified atom stereocenters. The van der Waals surface area contributed by atoms with Gasteiger partial charge in [0.25, 0.3) is 5.91 Å². The first kappa shape index (κ1) is 23.1. The second-order valence-corrected chi connectivity index (χ2v) is 7.62. The topological polar surface area (TPSA) is 59.1 Å². The van der Waals surface area contributed by atoms with E-state index < -0.39 is 29.2 Å². The molecule has 1 amide bonds. The summed E-state index contributed by atoms with van der Waals surface area (Å²) in [6.45, 7) is 0. The van der Waals surface area contributed by atoms with Crippen molar-refractivity contribution in [3.05, 3.63) is 112 Å². The summed E-state index contributed by atoms with van der Waals surface area (Å²) in [5, 5.41) is 2.06. The number of fused-ring (bicyclic) bond motifs is 1. The van der Waals surface area contributed by atoms with E-state index in [2.05, 4.69) is 10.3 Å². The largest absolute Gasteiger partial charge is 0.417 e. The van der Waals surface area contributed by atoms with E-state index in [4.69, 9.17) is 0 Å². The number of pyridine rings is 1. The Morgan fingerprint density at radius 1 is 0.912 bits per heavy atom. The van der Waals surface area contributed by atoms with Crippen molar-refractivity contribution in [3.63, 3.8) is 0 Å². The highest BCUT2D eigenvalue weighted by Crippen LogP contribution is 2.39. The number of ketones is 1. The first-order valence-corrected chi connectivity index (χ1v) is 10.3. The third kappa shape index (κ3) is 4.52. The van der Waals surface area contributed by atoms with Crippen LogP contribution in [0, 0.1) is 5.82 Å². The highest BCUT2D eigenvalue weighted by Gasteiger charge is 2.38. The Hall–Kier alpha value is -4.07. The van der Waals surface area contributed by atoms with Gasteiger partial charge in [0.05, 0.1) is 11.1 Å². The van der Waals surface area contributed by atoms with Gasteiger partial charge in [-0.2, -0.15) is 13.2 Å². The summed E-state index contributed by atoms with van der Waals surface area (Å²) in [7, 11) is 1.32. The Kier molecular flexibility index (Phi) is 6.15. The monoisotopic (exact) mass is 466 g/mol. The van der Waals surface area contributed by atoms with Crippen LogP contribution in [0.5, 0.6) is 0 Å². The van der Waals surface area contributed by atoms with Crippen molar-refractivity contribution in [1.82, 2.24) is 10.3 Å². The molecule has 1 N–H and O–H groups in total. The standard InChI is InChI=1S/C26H18F4N2O2/c1-31-25(34)23-20(13-15-5-3-2-4-6-15)22(26(28,29)30)19-14-17(9-12-21(19)32-23)24(33)16-7-10-18(27)11-8-16/h2-12,14H,13H2,1H3,(H,31,34). The molecule has 4 rings (SSSR count). The average molecular weight is 466 g/mol. The summed E-state index contributed by atoms with van der Waals surface area (Å²) in [6, 6.07) is 16.9. The third-order valence-electron chi connectivity index (χ3n) is 5.40. The zero-order valence-corrected chi connectivity index (χ0v) is 17.9. The van der Waals surface area contributed by atoms with Gasteiger partial charge in [0.15, 0.2) is 5.78 Å². The third-order valence-corrected chi connectivity index (χ3v) is 5.40. The van der Waals surface area contributed by atoms with Crippen LogP contribution in [0.2, 0.25) is 0 Å². The van der Waals surface area contributed by atoms with Crippen LogP contribution in [0.25, 0.3) is 10.9 Å². The maximum absolute atomic E-state index is 14.4. The number of carbonyl (C=O) groups is 2. The molecule has 0 spiro atoms. The Balaban J connectivity index is 1.97. The Bertz CT molecular complexity index is 1380. The summed E-state index contributed by atoms with van der Waals surface area (Å²) in [5.74, 6) is -1.84. The van der Waals surface area contributed by atoms with Gasteiger partial charge in [-0.15, -0.1) is 0 Å². The van der Waals surface area contributed by atoms with E-state index in [0.717, 1.165) is 18.2 Å². The molecule has 8 heteroatoms. The van der Waals surface area contributed by atoms with Crippen molar-refractivity contribution in [1.29, 1.82) is 0 Å². The molecule has 0 aliphatic heterocycles. The van der Waals surface area contributed by atoms with Gasteiger partial charge in [0.2, 0.25) is 0 Å². The smallest absolute Gasteiger partial charge is 0.354 e. The summed E-state index contributed by atoms with van der Waals surface area (Å²) < 4.78 is 56.6. The van der Waals surface area contributed by atoms with E-state index >= 15 is 0 Å². The number of hydrogen-bond donors (Lipinski definition) is 1. The van der Waals surface area contributed by atoms with Crippen molar-refractivity contribution >= 4 is 22.6 Å². The summed E-state index contributed by atoms with van der Waals surface area (Å²) in [6.07, 6.45) is -5.01. The molecule has 172 valence electrons. The normalized spacial score (nSPS) is 11.4. The minimum atomic E-state index is -4.83. The SMILES string of the molecule is CNC(=O)c1nc2ccc(C(=O)c3ccc(F)cc3)cc2c(C(F)(F)F)c1Cc1ccccc1. The number of benzene rings is 3. The van der Waals surface area contributed by atoms with Crippen molar-refractivity contribution in [3.8, 4) is 0 Å². The Morgan fingerprint density at radius 3 is 2.18 bits per heavy atom. The molecule has 4 nitrogen and oxygen atoms in total. The number of alkyl halides is 3. The molecule has 0 fully saturated rings. The van der Waals surface area contributed by atoms with Gasteiger partial charge >= 0.3 is 6.18 Å². The molecule has 1 heterocycles. The van der Waals surface area contributed by atoms with Gasteiger partial charge in [-0.05, 0) is 48.0 Å². The second kappa shape index (κ2) is 9.05. The number of carbonyl (C=O) groups excluding carboxylic acids is 2. The van der Waals surface area contributed by atoms with Gasteiger partial charge in [-0.1, -0.05) is 30.3 Å². The molecule has 1 aromatic heterocycles. The lowest BCUT2D eigenvalue weighted by atomic mass is 9.92. The molecule has 0 aliphatic rings. The van der Waals surface area contributed by atoms with Gasteiger partial charge < -0.3 is 5.32 Å². The fourth-order valence-electron chi connectivity index (χ4n) is 3.81. The fraction of sp³-hybridized carbons (Fsp3) is 0.115. The van der Waals surface area contributed by atoms with Gasteiger partial charge in [-0.25, -0.2) is 9.37 Å². The number of halogens is 4. The van der Waals surface area contributed by atoms with Crippen molar-refractivity contribution < 1.29 is 27.2 Å². The van der Waals surface area contributed by atoms with Crippen LogP contribution in [0.3, 0.4) is 0 Å². The van der Waals surface area contributed by atoms with Crippen LogP contribution in [0.4, 0.5) is 17.6 Å². The lowest BCUT2D eigenvalue weighted by Gasteiger charge is -2.19. The molecule has 0 saturated heterocycles. The highest BCUT2D eigenvalue weighted by atomic mass is 19.4. The number of nitrogens with one attached hydrogen (secondary N) is 1. The van der Waals surface area contributed by atoms with Crippen LogP contribution in [0.15, 0.2) is 72.8 Å².